The zero-order chi connectivity index (χ0) is 16.3. The Morgan fingerprint density at radius 3 is 2.74 bits per heavy atom. The first-order chi connectivity index (χ1) is 10.3. The number of β-amino-alcohol motifs (C(OH)–C–C–N with tert-alkyl or cyclic N) is 1. The number of aliphatic hydroxyl groups is 1. The Labute approximate surface area is 141 Å². The van der Waals surface area contributed by atoms with E-state index in [0.717, 1.165) is 0 Å². The number of fused-ring (bicyclic) bond motifs is 1. The van der Waals surface area contributed by atoms with Crippen LogP contribution in [0.1, 0.15) is 26.5 Å². The van der Waals surface area contributed by atoms with Crippen molar-refractivity contribution in [2.75, 3.05) is 13.2 Å². The molecule has 6 nitrogen and oxygen atoms in total. The number of rotatable bonds is 5. The molecule has 2 rings (SSSR count). The Bertz CT molecular complexity index is 710. The van der Waals surface area contributed by atoms with E-state index in [0.29, 0.717) is 29.0 Å². The molecule has 2 aromatic rings. The van der Waals surface area contributed by atoms with E-state index >= 15 is 0 Å². The minimum Gasteiger partial charge on any atom is -0.488 e. The van der Waals surface area contributed by atoms with Crippen LogP contribution in [-0.4, -0.2) is 39.9 Å². The summed E-state index contributed by atoms with van der Waals surface area (Å²) in [6, 6.07) is 5.33. The van der Waals surface area contributed by atoms with Crippen LogP contribution >= 0.6 is 12.4 Å². The van der Waals surface area contributed by atoms with Crippen molar-refractivity contribution in [2.45, 2.75) is 39.3 Å². The molecule has 3 N–H and O–H groups in total. The maximum absolute atomic E-state index is 11.6. The number of halogens is 1. The van der Waals surface area contributed by atoms with Gasteiger partial charge in [0.15, 0.2) is 0 Å². The molecular weight excluding hydrogens is 318 g/mol. The van der Waals surface area contributed by atoms with E-state index < -0.39 is 6.10 Å². The van der Waals surface area contributed by atoms with Gasteiger partial charge in [0.1, 0.15) is 29.7 Å². The van der Waals surface area contributed by atoms with Crippen LogP contribution < -0.4 is 15.6 Å². The molecule has 1 unspecified atom stereocenters. The maximum atomic E-state index is 11.6. The van der Waals surface area contributed by atoms with Crippen molar-refractivity contribution in [3.63, 3.8) is 0 Å². The third kappa shape index (κ3) is 5.49. The standard InChI is InChI=1S/C16H23N3O3.ClH/c1-10-15(21)19-12-6-5-7-13(14(12)18-10)22-9-11(20)8-17-16(2,3)4;/h5-7,11,17,20H,8-9H2,1-4H3,(H,19,21);1H. The molecule has 1 atom stereocenters. The zero-order valence-electron chi connectivity index (χ0n) is 13.8. The molecular formula is C16H24ClN3O3. The molecule has 0 aliphatic carbocycles. The highest BCUT2D eigenvalue weighted by molar-refractivity contribution is 5.85. The average molecular weight is 342 g/mol. The molecule has 1 aromatic carbocycles. The molecule has 7 heteroatoms. The fourth-order valence-electron chi connectivity index (χ4n) is 1.96. The number of nitrogens with zero attached hydrogens (tertiary/aromatic N) is 1. The number of ether oxygens (including phenoxy) is 1. The van der Waals surface area contributed by atoms with Gasteiger partial charge in [0.25, 0.3) is 5.56 Å². The van der Waals surface area contributed by atoms with Gasteiger partial charge in [-0.15, -0.1) is 12.4 Å². The lowest BCUT2D eigenvalue weighted by atomic mass is 10.1. The minimum absolute atomic E-state index is 0. The zero-order valence-corrected chi connectivity index (χ0v) is 14.7. The number of aromatic nitrogens is 2. The molecule has 23 heavy (non-hydrogen) atoms. The third-order valence-corrected chi connectivity index (χ3v) is 3.15. The molecule has 0 saturated heterocycles. The molecule has 0 radical (unpaired) electrons. The van der Waals surface area contributed by atoms with Gasteiger partial charge >= 0.3 is 0 Å². The quantitative estimate of drug-likeness (QED) is 0.771. The monoisotopic (exact) mass is 341 g/mol. The van der Waals surface area contributed by atoms with E-state index in [9.17, 15) is 9.90 Å². The second-order valence-corrected chi connectivity index (χ2v) is 6.40. The number of benzene rings is 1. The van der Waals surface area contributed by atoms with Crippen LogP contribution in [-0.2, 0) is 0 Å². The van der Waals surface area contributed by atoms with Crippen molar-refractivity contribution in [1.82, 2.24) is 15.3 Å². The molecule has 0 spiro atoms. The molecule has 0 bridgehead atoms. The summed E-state index contributed by atoms with van der Waals surface area (Å²) in [4.78, 5) is 18.6. The van der Waals surface area contributed by atoms with Crippen LogP contribution in [0.2, 0.25) is 0 Å². The molecule has 0 saturated carbocycles. The molecule has 0 fully saturated rings. The van der Waals surface area contributed by atoms with Crippen LogP contribution in [0.15, 0.2) is 23.0 Å². The normalized spacial score (nSPS) is 12.7. The highest BCUT2D eigenvalue weighted by Gasteiger charge is 2.13. The van der Waals surface area contributed by atoms with Crippen molar-refractivity contribution in [3.8, 4) is 5.75 Å². The van der Waals surface area contributed by atoms with E-state index in [1.165, 1.54) is 0 Å². The first-order valence-corrected chi connectivity index (χ1v) is 7.32. The Kier molecular flexibility index (Phi) is 6.56. The fraction of sp³-hybridized carbons (Fsp3) is 0.500. The van der Waals surface area contributed by atoms with Crippen molar-refractivity contribution in [3.05, 3.63) is 34.2 Å². The number of hydrogen-bond donors (Lipinski definition) is 3. The molecule has 128 valence electrons. The summed E-state index contributed by atoms with van der Waals surface area (Å²) in [5.41, 5.74) is 1.34. The lowest BCUT2D eigenvalue weighted by Gasteiger charge is -2.23. The van der Waals surface area contributed by atoms with Gasteiger partial charge in [-0.1, -0.05) is 6.07 Å². The molecule has 1 aromatic heterocycles. The highest BCUT2D eigenvalue weighted by Crippen LogP contribution is 2.21. The fourth-order valence-corrected chi connectivity index (χ4v) is 1.96. The molecule has 0 amide bonds. The summed E-state index contributed by atoms with van der Waals surface area (Å²) in [7, 11) is 0. The Hall–Kier alpha value is -1.63. The van der Waals surface area contributed by atoms with Gasteiger partial charge in [-0.2, -0.15) is 0 Å². The number of hydrogen-bond acceptors (Lipinski definition) is 5. The second-order valence-electron chi connectivity index (χ2n) is 6.40. The van der Waals surface area contributed by atoms with Gasteiger partial charge in [0.2, 0.25) is 0 Å². The lowest BCUT2D eigenvalue weighted by Crippen LogP contribution is -2.42. The SMILES string of the molecule is Cc1nc2c(OCC(O)CNC(C)(C)C)cccc2[nH]c1=O.Cl. The van der Waals surface area contributed by atoms with Gasteiger partial charge in [-0.3, -0.25) is 4.79 Å². The number of nitrogens with one attached hydrogen (secondary N) is 2. The minimum atomic E-state index is -0.627. The number of aromatic amines is 1. The first kappa shape index (κ1) is 19.4. The van der Waals surface area contributed by atoms with Crippen LogP contribution in [0.3, 0.4) is 0 Å². The van der Waals surface area contributed by atoms with Crippen LogP contribution in [0, 0.1) is 6.92 Å². The predicted molar refractivity (Wildman–Crippen MR) is 93.6 cm³/mol. The largest absolute Gasteiger partial charge is 0.488 e. The Morgan fingerprint density at radius 1 is 1.39 bits per heavy atom. The summed E-state index contributed by atoms with van der Waals surface area (Å²) in [6.45, 7) is 8.35. The van der Waals surface area contributed by atoms with Crippen LogP contribution in [0.25, 0.3) is 11.0 Å². The van der Waals surface area contributed by atoms with E-state index in [-0.39, 0.29) is 30.1 Å². The highest BCUT2D eigenvalue weighted by atomic mass is 35.5. The smallest absolute Gasteiger partial charge is 0.269 e. The molecule has 0 aliphatic rings. The molecule has 1 heterocycles. The number of H-pyrrole nitrogens is 1. The lowest BCUT2D eigenvalue weighted by molar-refractivity contribution is 0.101. The van der Waals surface area contributed by atoms with Gasteiger partial charge < -0.3 is 20.1 Å². The number of aliphatic hydroxyl groups excluding tert-OH is 1. The second kappa shape index (κ2) is 7.77. The summed E-state index contributed by atoms with van der Waals surface area (Å²) in [6.07, 6.45) is -0.627. The average Bonchev–Trinajstić information content (AvgIpc) is 2.43. The van der Waals surface area contributed by atoms with Gasteiger partial charge in [0, 0.05) is 12.1 Å². The molecule has 0 aliphatic heterocycles. The van der Waals surface area contributed by atoms with Crippen LogP contribution in [0.4, 0.5) is 0 Å². The van der Waals surface area contributed by atoms with Crippen molar-refractivity contribution in [1.29, 1.82) is 0 Å². The number of aryl methyl sites for hydroxylation is 1. The Balaban J connectivity index is 0.00000264. The topological polar surface area (TPSA) is 87.2 Å². The summed E-state index contributed by atoms with van der Waals surface area (Å²) in [5, 5.41) is 13.2. The van der Waals surface area contributed by atoms with Crippen LogP contribution in [0.5, 0.6) is 5.75 Å². The third-order valence-electron chi connectivity index (χ3n) is 3.15. The summed E-state index contributed by atoms with van der Waals surface area (Å²) >= 11 is 0. The van der Waals surface area contributed by atoms with E-state index in [4.69, 9.17) is 4.74 Å². The van der Waals surface area contributed by atoms with E-state index in [1.807, 2.05) is 20.8 Å². The van der Waals surface area contributed by atoms with E-state index in [2.05, 4.69) is 15.3 Å². The van der Waals surface area contributed by atoms with Gasteiger partial charge in [-0.25, -0.2) is 4.98 Å². The van der Waals surface area contributed by atoms with Gasteiger partial charge in [-0.05, 0) is 39.8 Å². The van der Waals surface area contributed by atoms with E-state index in [1.54, 1.807) is 25.1 Å². The maximum Gasteiger partial charge on any atom is 0.269 e. The predicted octanol–water partition coefficient (Wildman–Crippen LogP) is 1.78. The summed E-state index contributed by atoms with van der Waals surface area (Å²) < 4.78 is 5.67. The number of para-hydroxylation sites is 1. The van der Waals surface area contributed by atoms with Crippen molar-refractivity contribution in [2.24, 2.45) is 0 Å². The summed E-state index contributed by atoms with van der Waals surface area (Å²) in [5.74, 6) is 0.548. The Morgan fingerprint density at radius 2 is 2.09 bits per heavy atom. The first-order valence-electron chi connectivity index (χ1n) is 7.32. The van der Waals surface area contributed by atoms with Crippen molar-refractivity contribution >= 4 is 23.4 Å². The van der Waals surface area contributed by atoms with Gasteiger partial charge in [0.05, 0.1) is 5.52 Å². The van der Waals surface area contributed by atoms with Crippen molar-refractivity contribution < 1.29 is 9.84 Å².